The molecule has 0 bridgehead atoms. The van der Waals surface area contributed by atoms with Gasteiger partial charge in [-0.25, -0.2) is 0 Å². The minimum atomic E-state index is -0.476. The van der Waals surface area contributed by atoms with Crippen molar-refractivity contribution < 1.29 is 0 Å². The fourth-order valence-corrected chi connectivity index (χ4v) is 0.514. The van der Waals surface area contributed by atoms with E-state index >= 15 is 0 Å². The number of nitrogens with zero attached hydrogens (tertiary/aromatic N) is 2. The Morgan fingerprint density at radius 1 is 1.89 bits per heavy atom. The molecule has 0 saturated heterocycles. The number of nitrogens with two attached hydrogens (primary N) is 1. The van der Waals surface area contributed by atoms with Crippen molar-refractivity contribution in [3.63, 3.8) is 0 Å². The number of rotatable bonds is 0. The molecule has 1 atom stereocenters. The number of nitrogens with one attached hydrogen (secondary N) is 1. The van der Waals surface area contributed by atoms with Crippen LogP contribution in [0.5, 0.6) is 0 Å². The van der Waals surface area contributed by atoms with Gasteiger partial charge in [-0.1, -0.05) is 0 Å². The lowest BCUT2D eigenvalue weighted by Gasteiger charge is -2.07. The van der Waals surface area contributed by atoms with E-state index in [9.17, 15) is 0 Å². The van der Waals surface area contributed by atoms with E-state index in [0.717, 1.165) is 0 Å². The number of nitriles is 1. The third-order valence-corrected chi connectivity index (χ3v) is 0.996. The van der Waals surface area contributed by atoms with Crippen LogP contribution >= 0.6 is 0 Å². The Labute approximate surface area is 52.7 Å². The van der Waals surface area contributed by atoms with Gasteiger partial charge in [-0.05, 0) is 0 Å². The summed E-state index contributed by atoms with van der Waals surface area (Å²) in [6.45, 7) is 0. The Hall–Kier alpha value is -1.34. The van der Waals surface area contributed by atoms with Crippen LogP contribution in [0.25, 0.3) is 0 Å². The molecule has 0 aliphatic carbocycles. The van der Waals surface area contributed by atoms with Gasteiger partial charge in [-0.2, -0.15) is 5.26 Å². The molecule has 0 aromatic rings. The van der Waals surface area contributed by atoms with Gasteiger partial charge in [-0.15, -0.1) is 0 Å². The fraction of sp³-hybridized carbons (Fsp3) is 0.200. The van der Waals surface area contributed by atoms with E-state index in [4.69, 9.17) is 11.0 Å². The summed E-state index contributed by atoms with van der Waals surface area (Å²) < 4.78 is 0. The van der Waals surface area contributed by atoms with Crippen LogP contribution < -0.4 is 11.1 Å². The van der Waals surface area contributed by atoms with Crippen molar-refractivity contribution in [2.75, 3.05) is 0 Å². The topological polar surface area (TPSA) is 74.2 Å². The smallest absolute Gasteiger partial charge is 0.136 e. The van der Waals surface area contributed by atoms with E-state index in [1.165, 1.54) is 12.5 Å². The first-order valence-corrected chi connectivity index (χ1v) is 2.48. The molecule has 0 radical (unpaired) electrons. The molecule has 1 rings (SSSR count). The molecule has 0 aromatic heterocycles. The van der Waals surface area contributed by atoms with Crippen molar-refractivity contribution in [2.45, 2.75) is 6.17 Å². The van der Waals surface area contributed by atoms with E-state index in [1.807, 2.05) is 6.07 Å². The van der Waals surface area contributed by atoms with Gasteiger partial charge in [0.05, 0.1) is 18.0 Å². The van der Waals surface area contributed by atoms with E-state index in [0.29, 0.717) is 5.57 Å². The number of aliphatic imine (C=N–C) groups is 1. The maximum Gasteiger partial charge on any atom is 0.136 e. The highest BCUT2D eigenvalue weighted by Crippen LogP contribution is 1.99. The molecule has 46 valence electrons. The summed E-state index contributed by atoms with van der Waals surface area (Å²) in [5.41, 5.74) is 5.82. The van der Waals surface area contributed by atoms with Crippen LogP contribution in [-0.2, 0) is 0 Å². The average Bonchev–Trinajstić information content (AvgIpc) is 1.89. The Bertz CT molecular complexity index is 197. The monoisotopic (exact) mass is 122 g/mol. The molecule has 0 aromatic carbocycles. The summed E-state index contributed by atoms with van der Waals surface area (Å²) >= 11 is 0. The molecular formula is C5H6N4. The van der Waals surface area contributed by atoms with Gasteiger partial charge in [0.1, 0.15) is 6.17 Å². The largest absolute Gasteiger partial charge is 0.352 e. The first kappa shape index (κ1) is 5.79. The van der Waals surface area contributed by atoms with Gasteiger partial charge in [0.2, 0.25) is 0 Å². The summed E-state index contributed by atoms with van der Waals surface area (Å²) in [6.07, 6.45) is 2.53. The van der Waals surface area contributed by atoms with Gasteiger partial charge in [0.25, 0.3) is 0 Å². The summed E-state index contributed by atoms with van der Waals surface area (Å²) in [4.78, 5) is 3.73. The first-order valence-electron chi connectivity index (χ1n) is 2.48. The van der Waals surface area contributed by atoms with Crippen LogP contribution in [0.2, 0.25) is 0 Å². The van der Waals surface area contributed by atoms with Gasteiger partial charge < -0.3 is 11.1 Å². The van der Waals surface area contributed by atoms with Crippen LogP contribution in [0.15, 0.2) is 16.8 Å². The zero-order valence-corrected chi connectivity index (χ0v) is 4.70. The maximum atomic E-state index is 8.35. The minimum Gasteiger partial charge on any atom is -0.352 e. The summed E-state index contributed by atoms with van der Waals surface area (Å²) in [6, 6.07) is 1.91. The Kier molecular flexibility index (Phi) is 1.47. The van der Waals surface area contributed by atoms with E-state index in [2.05, 4.69) is 10.3 Å². The summed E-state index contributed by atoms with van der Waals surface area (Å²) in [5, 5.41) is 11.0. The van der Waals surface area contributed by atoms with Gasteiger partial charge in [0.15, 0.2) is 0 Å². The van der Waals surface area contributed by atoms with Crippen LogP contribution in [0.4, 0.5) is 0 Å². The third-order valence-electron chi connectivity index (χ3n) is 0.996. The molecule has 0 saturated carbocycles. The third kappa shape index (κ3) is 1.06. The van der Waals surface area contributed by atoms with E-state index in [1.54, 1.807) is 0 Å². The van der Waals surface area contributed by atoms with Crippen LogP contribution in [0, 0.1) is 11.3 Å². The zero-order chi connectivity index (χ0) is 6.69. The van der Waals surface area contributed by atoms with Gasteiger partial charge in [0, 0.05) is 6.20 Å². The van der Waals surface area contributed by atoms with Crippen LogP contribution in [-0.4, -0.2) is 12.5 Å². The van der Waals surface area contributed by atoms with Crippen molar-refractivity contribution in [2.24, 2.45) is 10.7 Å². The number of hydrogen-bond donors (Lipinski definition) is 2. The lowest BCUT2D eigenvalue weighted by Crippen LogP contribution is -2.26. The molecule has 4 heteroatoms. The molecule has 3 N–H and O–H groups in total. The number of hydrogen-bond acceptors (Lipinski definition) is 4. The van der Waals surface area contributed by atoms with Crippen molar-refractivity contribution in [1.29, 1.82) is 5.26 Å². The SMILES string of the molecule is N#CC1=CNC=NC1N. The first-order chi connectivity index (χ1) is 4.34. The van der Waals surface area contributed by atoms with Crippen molar-refractivity contribution in [3.05, 3.63) is 11.8 Å². The summed E-state index contributed by atoms with van der Waals surface area (Å²) in [5.74, 6) is 0. The highest BCUT2D eigenvalue weighted by Gasteiger charge is 2.07. The second-order valence-corrected chi connectivity index (χ2v) is 1.60. The zero-order valence-electron chi connectivity index (χ0n) is 4.70. The second-order valence-electron chi connectivity index (χ2n) is 1.60. The fourth-order valence-electron chi connectivity index (χ4n) is 0.514. The Morgan fingerprint density at radius 2 is 2.67 bits per heavy atom. The molecule has 9 heavy (non-hydrogen) atoms. The highest BCUT2D eigenvalue weighted by atomic mass is 15.0. The Morgan fingerprint density at radius 3 is 3.11 bits per heavy atom. The predicted molar refractivity (Wildman–Crippen MR) is 33.3 cm³/mol. The molecule has 0 fully saturated rings. The molecular weight excluding hydrogens is 116 g/mol. The lowest BCUT2D eigenvalue weighted by molar-refractivity contribution is 0.820. The van der Waals surface area contributed by atoms with Crippen molar-refractivity contribution in [3.8, 4) is 6.07 Å². The predicted octanol–water partition coefficient (Wildman–Crippen LogP) is -0.690. The minimum absolute atomic E-state index is 0.456. The maximum absolute atomic E-state index is 8.35. The summed E-state index contributed by atoms with van der Waals surface area (Å²) in [7, 11) is 0. The molecule has 0 amide bonds. The van der Waals surface area contributed by atoms with Gasteiger partial charge in [-0.3, -0.25) is 4.99 Å². The van der Waals surface area contributed by atoms with Crippen LogP contribution in [0.1, 0.15) is 0 Å². The molecule has 0 spiro atoms. The molecule has 4 nitrogen and oxygen atoms in total. The highest BCUT2D eigenvalue weighted by molar-refractivity contribution is 5.59. The Balaban J connectivity index is 2.73. The normalized spacial score (nSPS) is 24.0. The average molecular weight is 122 g/mol. The molecule has 1 heterocycles. The molecule has 1 aliphatic heterocycles. The lowest BCUT2D eigenvalue weighted by atomic mass is 10.2. The van der Waals surface area contributed by atoms with Crippen molar-refractivity contribution in [1.82, 2.24) is 5.32 Å². The quantitative estimate of drug-likeness (QED) is 0.446. The van der Waals surface area contributed by atoms with E-state index in [-0.39, 0.29) is 0 Å². The standard InChI is InChI=1S/C5H6N4/c6-1-4-2-8-3-9-5(4)7/h2-3,5H,7H2,(H,8,9). The second kappa shape index (κ2) is 2.29. The molecule has 1 unspecified atom stereocenters. The van der Waals surface area contributed by atoms with E-state index < -0.39 is 6.17 Å². The van der Waals surface area contributed by atoms with Gasteiger partial charge >= 0.3 is 0 Å². The van der Waals surface area contributed by atoms with Crippen molar-refractivity contribution >= 4 is 6.34 Å². The van der Waals surface area contributed by atoms with Crippen LogP contribution in [0.3, 0.4) is 0 Å². The molecule has 1 aliphatic rings.